The van der Waals surface area contributed by atoms with E-state index in [1.54, 1.807) is 24.3 Å². The summed E-state index contributed by atoms with van der Waals surface area (Å²) in [6.45, 7) is 0.278. The summed E-state index contributed by atoms with van der Waals surface area (Å²) in [4.78, 5) is 0. The SMILES string of the molecule is O=S(=O)(NCCc1ccc(O)cc1)c1cc(Cl)c(Br)s1. The molecule has 0 unspecified atom stereocenters. The summed E-state index contributed by atoms with van der Waals surface area (Å²) >= 11 is 10.1. The Morgan fingerprint density at radius 1 is 1.30 bits per heavy atom. The minimum absolute atomic E-state index is 0.181. The van der Waals surface area contributed by atoms with Crippen LogP contribution in [0.1, 0.15) is 5.56 Å². The summed E-state index contributed by atoms with van der Waals surface area (Å²) in [6.07, 6.45) is 0.541. The zero-order chi connectivity index (χ0) is 14.8. The van der Waals surface area contributed by atoms with Gasteiger partial charge >= 0.3 is 0 Å². The minimum Gasteiger partial charge on any atom is -0.508 e. The van der Waals surface area contributed by atoms with Crippen molar-refractivity contribution >= 4 is 48.9 Å². The number of sulfonamides is 1. The van der Waals surface area contributed by atoms with Crippen LogP contribution >= 0.6 is 38.9 Å². The Morgan fingerprint density at radius 3 is 2.50 bits per heavy atom. The molecule has 108 valence electrons. The molecule has 0 saturated carbocycles. The third-order valence-electron chi connectivity index (χ3n) is 2.53. The molecular formula is C12H11BrClNO3S2. The Kier molecular flexibility index (Phi) is 5.09. The monoisotopic (exact) mass is 395 g/mol. The van der Waals surface area contributed by atoms with E-state index >= 15 is 0 Å². The van der Waals surface area contributed by atoms with Crippen molar-refractivity contribution in [2.45, 2.75) is 10.6 Å². The van der Waals surface area contributed by atoms with Crippen LogP contribution in [0.4, 0.5) is 0 Å². The van der Waals surface area contributed by atoms with Gasteiger partial charge in [0.1, 0.15) is 9.96 Å². The van der Waals surface area contributed by atoms with Crippen molar-refractivity contribution in [3.05, 3.63) is 44.7 Å². The van der Waals surface area contributed by atoms with Gasteiger partial charge in [0, 0.05) is 6.54 Å². The molecule has 0 amide bonds. The lowest BCUT2D eigenvalue weighted by molar-refractivity contribution is 0.475. The zero-order valence-corrected chi connectivity index (χ0v) is 14.1. The Balaban J connectivity index is 1.97. The Labute approximate surface area is 134 Å². The maximum absolute atomic E-state index is 12.0. The molecule has 0 aliphatic carbocycles. The van der Waals surface area contributed by atoms with E-state index in [2.05, 4.69) is 20.7 Å². The van der Waals surface area contributed by atoms with Crippen molar-refractivity contribution in [1.29, 1.82) is 0 Å². The van der Waals surface area contributed by atoms with E-state index in [1.807, 2.05) is 0 Å². The molecule has 0 saturated heterocycles. The van der Waals surface area contributed by atoms with Crippen molar-refractivity contribution < 1.29 is 13.5 Å². The third kappa shape index (κ3) is 3.95. The highest BCUT2D eigenvalue weighted by molar-refractivity contribution is 9.11. The fourth-order valence-corrected chi connectivity index (χ4v) is 5.00. The molecule has 0 fully saturated rings. The molecule has 0 radical (unpaired) electrons. The van der Waals surface area contributed by atoms with E-state index in [4.69, 9.17) is 16.7 Å². The smallest absolute Gasteiger partial charge is 0.250 e. The lowest BCUT2D eigenvalue weighted by Gasteiger charge is -2.05. The number of rotatable bonds is 5. The summed E-state index contributed by atoms with van der Waals surface area (Å²) in [7, 11) is -3.54. The fraction of sp³-hybridized carbons (Fsp3) is 0.167. The Bertz CT molecular complexity index is 678. The highest BCUT2D eigenvalue weighted by Crippen LogP contribution is 2.34. The molecule has 1 aromatic heterocycles. The third-order valence-corrected chi connectivity index (χ3v) is 6.94. The predicted molar refractivity (Wildman–Crippen MR) is 84.0 cm³/mol. The van der Waals surface area contributed by atoms with E-state index in [0.29, 0.717) is 15.2 Å². The number of hydrogen-bond donors (Lipinski definition) is 2. The number of hydrogen-bond acceptors (Lipinski definition) is 4. The minimum atomic E-state index is -3.54. The molecule has 1 aromatic carbocycles. The summed E-state index contributed by atoms with van der Waals surface area (Å²) < 4.78 is 27.3. The van der Waals surface area contributed by atoms with Gasteiger partial charge in [-0.05, 0) is 46.1 Å². The standard InChI is InChI=1S/C12H11BrClNO3S2/c13-12-10(14)7-11(19-12)20(17,18)15-6-5-8-1-3-9(16)4-2-8/h1-4,7,15-16H,5-6H2. The summed E-state index contributed by atoms with van der Waals surface area (Å²) in [5.74, 6) is 0.187. The van der Waals surface area contributed by atoms with Crippen molar-refractivity contribution in [2.75, 3.05) is 6.54 Å². The molecule has 0 aliphatic rings. The number of benzene rings is 1. The van der Waals surface area contributed by atoms with Crippen molar-refractivity contribution in [3.8, 4) is 5.75 Å². The molecule has 2 aromatic rings. The molecule has 0 atom stereocenters. The lowest BCUT2D eigenvalue weighted by atomic mass is 10.1. The van der Waals surface area contributed by atoms with E-state index in [9.17, 15) is 8.42 Å². The Morgan fingerprint density at radius 2 is 1.95 bits per heavy atom. The molecule has 2 N–H and O–H groups in total. The molecule has 2 rings (SSSR count). The van der Waals surface area contributed by atoms with Gasteiger partial charge < -0.3 is 5.11 Å². The fourth-order valence-electron chi connectivity index (χ4n) is 1.52. The van der Waals surface area contributed by atoms with E-state index in [-0.39, 0.29) is 16.5 Å². The molecule has 1 heterocycles. The summed E-state index contributed by atoms with van der Waals surface area (Å²) in [6, 6.07) is 8.06. The average molecular weight is 397 g/mol. The van der Waals surface area contributed by atoms with Crippen LogP contribution in [0, 0.1) is 0 Å². The van der Waals surface area contributed by atoms with E-state index < -0.39 is 10.0 Å². The largest absolute Gasteiger partial charge is 0.508 e. The van der Waals surface area contributed by atoms with E-state index in [1.165, 1.54) is 6.07 Å². The second-order valence-electron chi connectivity index (χ2n) is 4.00. The van der Waals surface area contributed by atoms with Crippen molar-refractivity contribution in [3.63, 3.8) is 0 Å². The molecule has 4 nitrogen and oxygen atoms in total. The van der Waals surface area contributed by atoms with E-state index in [0.717, 1.165) is 16.9 Å². The van der Waals surface area contributed by atoms with Gasteiger partial charge in [0.15, 0.2) is 0 Å². The van der Waals surface area contributed by atoms with Crippen molar-refractivity contribution in [1.82, 2.24) is 4.72 Å². The van der Waals surface area contributed by atoms with Gasteiger partial charge in [0.25, 0.3) is 0 Å². The average Bonchev–Trinajstić information content (AvgIpc) is 2.73. The quantitative estimate of drug-likeness (QED) is 0.814. The molecular weight excluding hydrogens is 386 g/mol. The van der Waals surface area contributed by atoms with Crippen LogP contribution in [0.25, 0.3) is 0 Å². The van der Waals surface area contributed by atoms with Gasteiger partial charge in [-0.1, -0.05) is 23.7 Å². The first-order chi connectivity index (χ1) is 9.38. The van der Waals surface area contributed by atoms with Crippen LogP contribution in [0.2, 0.25) is 5.02 Å². The molecule has 20 heavy (non-hydrogen) atoms. The van der Waals surface area contributed by atoms with Crippen LogP contribution in [-0.4, -0.2) is 20.1 Å². The van der Waals surface area contributed by atoms with Gasteiger partial charge in [-0.3, -0.25) is 0 Å². The molecule has 0 aliphatic heterocycles. The van der Waals surface area contributed by atoms with Gasteiger partial charge in [-0.25, -0.2) is 13.1 Å². The van der Waals surface area contributed by atoms with Gasteiger partial charge in [0.2, 0.25) is 10.0 Å². The maximum atomic E-state index is 12.0. The number of phenolic OH excluding ortho intramolecular Hbond substituents is 1. The second kappa shape index (κ2) is 6.44. The van der Waals surface area contributed by atoms with Gasteiger partial charge in [-0.15, -0.1) is 11.3 Å². The van der Waals surface area contributed by atoms with Gasteiger partial charge in [-0.2, -0.15) is 0 Å². The molecule has 8 heteroatoms. The second-order valence-corrected chi connectivity index (χ2v) is 8.77. The normalized spacial score (nSPS) is 11.7. The van der Waals surface area contributed by atoms with Crippen LogP contribution in [-0.2, 0) is 16.4 Å². The number of phenols is 1. The lowest BCUT2D eigenvalue weighted by Crippen LogP contribution is -2.25. The first-order valence-corrected chi connectivity index (χ1v) is 9.08. The predicted octanol–water partition coefficient (Wildman–Crippen LogP) is 3.39. The number of nitrogens with one attached hydrogen (secondary N) is 1. The summed E-state index contributed by atoms with van der Waals surface area (Å²) in [5.41, 5.74) is 0.941. The summed E-state index contributed by atoms with van der Waals surface area (Å²) in [5, 5.41) is 9.54. The zero-order valence-electron chi connectivity index (χ0n) is 10.1. The maximum Gasteiger partial charge on any atom is 0.250 e. The van der Waals surface area contributed by atoms with Crippen LogP contribution in [0.15, 0.2) is 38.3 Å². The van der Waals surface area contributed by atoms with Crippen LogP contribution in [0.5, 0.6) is 5.75 Å². The van der Waals surface area contributed by atoms with Crippen LogP contribution < -0.4 is 4.72 Å². The van der Waals surface area contributed by atoms with Crippen molar-refractivity contribution in [2.24, 2.45) is 0 Å². The first-order valence-electron chi connectivity index (χ1n) is 5.61. The molecule has 0 spiro atoms. The van der Waals surface area contributed by atoms with Gasteiger partial charge in [0.05, 0.1) is 8.81 Å². The highest BCUT2D eigenvalue weighted by atomic mass is 79.9. The topological polar surface area (TPSA) is 66.4 Å². The molecule has 0 bridgehead atoms. The van der Waals surface area contributed by atoms with Crippen LogP contribution in [0.3, 0.4) is 0 Å². The number of aromatic hydroxyl groups is 1. The highest BCUT2D eigenvalue weighted by Gasteiger charge is 2.18. The number of thiophene rings is 1. The number of halogens is 2. The first kappa shape index (κ1) is 15.8. The Hall–Kier alpha value is -0.600.